The van der Waals surface area contributed by atoms with E-state index in [9.17, 15) is 4.79 Å². The first kappa shape index (κ1) is 19.9. The molecule has 0 spiro atoms. The molecule has 0 unspecified atom stereocenters. The fraction of sp³-hybridized carbons (Fsp3) is 0.238. The second-order valence-electron chi connectivity index (χ2n) is 6.71. The predicted molar refractivity (Wildman–Crippen MR) is 115 cm³/mol. The Morgan fingerprint density at radius 2 is 1.80 bits per heavy atom. The molecule has 0 bridgehead atoms. The number of hydrogen-bond acceptors (Lipinski definition) is 7. The maximum atomic E-state index is 12.5. The Kier molecular flexibility index (Phi) is 6.24. The number of piperazine rings is 1. The number of pyridine rings is 1. The molecule has 1 amide bonds. The minimum atomic E-state index is -0.0372. The molecule has 1 saturated heterocycles. The van der Waals surface area contributed by atoms with Gasteiger partial charge in [-0.3, -0.25) is 4.79 Å². The molecule has 0 aliphatic carbocycles. The zero-order chi connectivity index (χ0) is 20.8. The number of aromatic nitrogens is 3. The molecule has 3 heterocycles. The maximum Gasteiger partial charge on any atom is 0.260 e. The quantitative estimate of drug-likeness (QED) is 0.651. The van der Waals surface area contributed by atoms with Crippen LogP contribution in [0.25, 0.3) is 0 Å². The molecular weight excluding hydrogens is 404 g/mol. The normalized spacial score (nSPS) is 13.8. The summed E-state index contributed by atoms with van der Waals surface area (Å²) in [6.07, 6.45) is 3.25. The number of ether oxygens (including phenoxy) is 1. The number of carbonyl (C=O) groups excluding carboxylic acids is 1. The lowest BCUT2D eigenvalue weighted by Crippen LogP contribution is -2.50. The van der Waals surface area contributed by atoms with Gasteiger partial charge in [0.05, 0.1) is 0 Å². The van der Waals surface area contributed by atoms with Gasteiger partial charge in [-0.05, 0) is 36.4 Å². The van der Waals surface area contributed by atoms with E-state index in [4.69, 9.17) is 16.3 Å². The van der Waals surface area contributed by atoms with Gasteiger partial charge in [-0.15, -0.1) is 0 Å². The van der Waals surface area contributed by atoms with Crippen molar-refractivity contribution in [2.45, 2.75) is 0 Å². The molecule has 1 aromatic carbocycles. The van der Waals surface area contributed by atoms with E-state index in [-0.39, 0.29) is 12.5 Å². The SMILES string of the molecule is O=C(COc1ccc(Cl)cc1)N1CCN(c2cc(Nc3ccccn3)ncn2)CC1. The third-order valence-electron chi connectivity index (χ3n) is 4.71. The number of hydrogen-bond donors (Lipinski definition) is 1. The standard InChI is InChI=1S/C21H21ClN6O2/c22-16-4-6-17(7-5-16)30-14-21(29)28-11-9-27(10-12-28)20-13-19(24-15-25-20)26-18-3-1-2-8-23-18/h1-8,13,15H,9-12,14H2,(H,23,24,25,26). The van der Waals surface area contributed by atoms with Crippen LogP contribution < -0.4 is 15.0 Å². The van der Waals surface area contributed by atoms with Crippen molar-refractivity contribution >= 4 is 35.0 Å². The van der Waals surface area contributed by atoms with Gasteiger partial charge in [0.2, 0.25) is 0 Å². The first-order chi connectivity index (χ1) is 14.7. The molecule has 1 fully saturated rings. The Balaban J connectivity index is 1.29. The smallest absolute Gasteiger partial charge is 0.260 e. The predicted octanol–water partition coefficient (Wildman–Crippen LogP) is 3.00. The second kappa shape index (κ2) is 9.41. The fourth-order valence-corrected chi connectivity index (χ4v) is 3.23. The van der Waals surface area contributed by atoms with Crippen LogP contribution in [-0.2, 0) is 4.79 Å². The van der Waals surface area contributed by atoms with Crippen molar-refractivity contribution in [1.82, 2.24) is 19.9 Å². The average molecular weight is 425 g/mol. The summed E-state index contributed by atoms with van der Waals surface area (Å²) in [6, 6.07) is 14.5. The van der Waals surface area contributed by atoms with Gasteiger partial charge in [-0.25, -0.2) is 15.0 Å². The summed E-state index contributed by atoms with van der Waals surface area (Å²) >= 11 is 5.86. The van der Waals surface area contributed by atoms with E-state index in [0.29, 0.717) is 42.8 Å². The summed E-state index contributed by atoms with van der Waals surface area (Å²) < 4.78 is 5.56. The van der Waals surface area contributed by atoms with E-state index in [2.05, 4.69) is 25.2 Å². The van der Waals surface area contributed by atoms with Crippen molar-refractivity contribution in [3.63, 3.8) is 0 Å². The Bertz CT molecular complexity index is 978. The van der Waals surface area contributed by atoms with Crippen molar-refractivity contribution in [1.29, 1.82) is 0 Å². The van der Waals surface area contributed by atoms with Gasteiger partial charge in [-0.2, -0.15) is 0 Å². The van der Waals surface area contributed by atoms with Gasteiger partial charge in [0.1, 0.15) is 29.5 Å². The highest BCUT2D eigenvalue weighted by atomic mass is 35.5. The van der Waals surface area contributed by atoms with Crippen molar-refractivity contribution in [2.75, 3.05) is 43.0 Å². The van der Waals surface area contributed by atoms with Gasteiger partial charge < -0.3 is 19.9 Å². The first-order valence-corrected chi connectivity index (χ1v) is 9.96. The number of benzene rings is 1. The van der Waals surface area contributed by atoms with Crippen LogP contribution >= 0.6 is 11.6 Å². The monoisotopic (exact) mass is 424 g/mol. The molecule has 1 aliphatic rings. The highest BCUT2D eigenvalue weighted by molar-refractivity contribution is 6.30. The fourth-order valence-electron chi connectivity index (χ4n) is 3.11. The Morgan fingerprint density at radius 3 is 2.53 bits per heavy atom. The third-order valence-corrected chi connectivity index (χ3v) is 4.96. The number of halogens is 1. The number of nitrogens with zero attached hydrogens (tertiary/aromatic N) is 5. The van der Waals surface area contributed by atoms with Gasteiger partial charge >= 0.3 is 0 Å². The average Bonchev–Trinajstić information content (AvgIpc) is 2.79. The minimum absolute atomic E-state index is 0.00723. The Morgan fingerprint density at radius 1 is 1.00 bits per heavy atom. The second-order valence-corrected chi connectivity index (χ2v) is 7.15. The summed E-state index contributed by atoms with van der Waals surface area (Å²) in [4.78, 5) is 29.3. The molecule has 4 rings (SSSR count). The highest BCUT2D eigenvalue weighted by Crippen LogP contribution is 2.19. The summed E-state index contributed by atoms with van der Waals surface area (Å²) in [6.45, 7) is 2.60. The van der Waals surface area contributed by atoms with Gasteiger partial charge in [0.25, 0.3) is 5.91 Å². The summed E-state index contributed by atoms with van der Waals surface area (Å²) in [5.41, 5.74) is 0. The van der Waals surface area contributed by atoms with Crippen molar-refractivity contribution in [3.8, 4) is 5.75 Å². The summed E-state index contributed by atoms with van der Waals surface area (Å²) in [5, 5.41) is 3.80. The molecule has 1 N–H and O–H groups in total. The molecule has 1 aliphatic heterocycles. The lowest BCUT2D eigenvalue weighted by molar-refractivity contribution is -0.133. The van der Waals surface area contributed by atoms with E-state index < -0.39 is 0 Å². The molecule has 0 atom stereocenters. The van der Waals surface area contributed by atoms with Crippen LogP contribution in [0.5, 0.6) is 5.75 Å². The van der Waals surface area contributed by atoms with E-state index in [0.717, 1.165) is 11.6 Å². The Hall–Kier alpha value is -3.39. The zero-order valence-corrected chi connectivity index (χ0v) is 17.0. The minimum Gasteiger partial charge on any atom is -0.484 e. The molecule has 8 nitrogen and oxygen atoms in total. The van der Waals surface area contributed by atoms with Crippen LogP contribution in [0.15, 0.2) is 61.1 Å². The lowest BCUT2D eigenvalue weighted by atomic mass is 10.3. The molecule has 9 heteroatoms. The highest BCUT2D eigenvalue weighted by Gasteiger charge is 2.22. The molecule has 2 aromatic heterocycles. The molecule has 30 heavy (non-hydrogen) atoms. The number of amides is 1. The Labute approximate surface area is 179 Å². The van der Waals surface area contributed by atoms with Crippen LogP contribution in [0.1, 0.15) is 0 Å². The maximum absolute atomic E-state index is 12.5. The van der Waals surface area contributed by atoms with E-state index in [1.54, 1.807) is 35.4 Å². The molecular formula is C21H21ClN6O2. The van der Waals surface area contributed by atoms with Gasteiger partial charge in [0, 0.05) is 43.5 Å². The molecule has 3 aromatic rings. The van der Waals surface area contributed by atoms with Gasteiger partial charge in [-0.1, -0.05) is 17.7 Å². The lowest BCUT2D eigenvalue weighted by Gasteiger charge is -2.35. The number of anilines is 3. The van der Waals surface area contributed by atoms with Crippen LogP contribution in [0.3, 0.4) is 0 Å². The number of rotatable bonds is 6. The largest absolute Gasteiger partial charge is 0.484 e. The van der Waals surface area contributed by atoms with E-state index >= 15 is 0 Å². The number of carbonyl (C=O) groups is 1. The van der Waals surface area contributed by atoms with Crippen LogP contribution in [-0.4, -0.2) is 58.5 Å². The topological polar surface area (TPSA) is 83.5 Å². The van der Waals surface area contributed by atoms with Crippen molar-refractivity contribution in [3.05, 3.63) is 66.1 Å². The van der Waals surface area contributed by atoms with E-state index in [1.807, 2.05) is 24.3 Å². The zero-order valence-electron chi connectivity index (χ0n) is 16.2. The molecule has 0 radical (unpaired) electrons. The van der Waals surface area contributed by atoms with E-state index in [1.165, 1.54) is 6.33 Å². The first-order valence-electron chi connectivity index (χ1n) is 9.58. The van der Waals surface area contributed by atoms with Crippen molar-refractivity contribution in [2.24, 2.45) is 0 Å². The summed E-state index contributed by atoms with van der Waals surface area (Å²) in [7, 11) is 0. The summed E-state index contributed by atoms with van der Waals surface area (Å²) in [5.74, 6) is 2.80. The number of nitrogens with one attached hydrogen (secondary N) is 1. The van der Waals surface area contributed by atoms with Crippen LogP contribution in [0.4, 0.5) is 17.5 Å². The molecule has 0 saturated carbocycles. The third kappa shape index (κ3) is 5.15. The van der Waals surface area contributed by atoms with Crippen LogP contribution in [0.2, 0.25) is 5.02 Å². The van der Waals surface area contributed by atoms with Gasteiger partial charge in [0.15, 0.2) is 6.61 Å². The molecule has 154 valence electrons. The van der Waals surface area contributed by atoms with Crippen LogP contribution in [0, 0.1) is 0 Å². The van der Waals surface area contributed by atoms with Crippen molar-refractivity contribution < 1.29 is 9.53 Å².